The minimum atomic E-state index is 0.194. The van der Waals surface area contributed by atoms with E-state index in [0.717, 1.165) is 32.5 Å². The molecule has 112 valence electrons. The van der Waals surface area contributed by atoms with Gasteiger partial charge < -0.3 is 19.4 Å². The number of hydrogen-bond donors (Lipinski definition) is 1. The molecule has 19 heavy (non-hydrogen) atoms. The fourth-order valence-corrected chi connectivity index (χ4v) is 2.87. The van der Waals surface area contributed by atoms with E-state index >= 15 is 0 Å². The molecule has 2 heterocycles. The molecule has 0 atom stereocenters. The average molecular weight is 271 g/mol. The first kappa shape index (κ1) is 15.2. The van der Waals surface area contributed by atoms with Crippen molar-refractivity contribution in [3.63, 3.8) is 0 Å². The van der Waals surface area contributed by atoms with Crippen LogP contribution in [0.5, 0.6) is 0 Å². The maximum Gasteiger partial charge on any atom is 0.0833 e. The fourth-order valence-electron chi connectivity index (χ4n) is 2.87. The van der Waals surface area contributed by atoms with Gasteiger partial charge in [-0.1, -0.05) is 0 Å². The van der Waals surface area contributed by atoms with Crippen molar-refractivity contribution in [1.82, 2.24) is 9.80 Å². The molecule has 0 radical (unpaired) electrons. The second-order valence-electron chi connectivity index (χ2n) is 6.26. The van der Waals surface area contributed by atoms with Crippen molar-refractivity contribution in [2.75, 3.05) is 46.9 Å². The van der Waals surface area contributed by atoms with Gasteiger partial charge in [-0.05, 0) is 46.2 Å². The molecule has 5 nitrogen and oxygen atoms in total. The van der Waals surface area contributed by atoms with Crippen LogP contribution in [0.1, 0.15) is 32.1 Å². The number of ether oxygens (including phenoxy) is 1. The Bertz CT molecular complexity index is 261. The smallest absolute Gasteiger partial charge is 0.0833 e. The molecule has 3 aliphatic rings. The Hall–Kier alpha value is -0.200. The number of rotatable bonds is 1. The van der Waals surface area contributed by atoms with Crippen molar-refractivity contribution in [2.24, 2.45) is 5.90 Å². The molecule has 0 unspecified atom stereocenters. The summed E-state index contributed by atoms with van der Waals surface area (Å²) in [6.07, 6.45) is 6.42. The van der Waals surface area contributed by atoms with Gasteiger partial charge in [-0.15, -0.1) is 0 Å². The molecule has 0 amide bonds. The van der Waals surface area contributed by atoms with Gasteiger partial charge in [0, 0.05) is 26.2 Å². The quantitative estimate of drug-likeness (QED) is 0.716. The van der Waals surface area contributed by atoms with Gasteiger partial charge in [0.1, 0.15) is 0 Å². The van der Waals surface area contributed by atoms with Gasteiger partial charge in [-0.25, -0.2) is 5.90 Å². The Balaban J connectivity index is 0.000000186. The third-order valence-corrected chi connectivity index (χ3v) is 4.58. The van der Waals surface area contributed by atoms with Crippen LogP contribution in [0.25, 0.3) is 0 Å². The first-order valence-corrected chi connectivity index (χ1v) is 7.50. The van der Waals surface area contributed by atoms with Crippen molar-refractivity contribution in [1.29, 1.82) is 0 Å². The summed E-state index contributed by atoms with van der Waals surface area (Å²) in [4.78, 5) is 9.28. The largest absolute Gasteiger partial charge is 0.372 e. The van der Waals surface area contributed by atoms with Crippen LogP contribution >= 0.6 is 0 Å². The summed E-state index contributed by atoms with van der Waals surface area (Å²) < 4.78 is 5.96. The van der Waals surface area contributed by atoms with E-state index in [1.807, 2.05) is 0 Å². The second kappa shape index (κ2) is 6.99. The Labute approximate surface area is 117 Å². The summed E-state index contributed by atoms with van der Waals surface area (Å²) in [5.74, 6) is 4.83. The first-order valence-electron chi connectivity index (χ1n) is 7.50. The lowest BCUT2D eigenvalue weighted by Crippen LogP contribution is -2.55. The third-order valence-electron chi connectivity index (χ3n) is 4.58. The van der Waals surface area contributed by atoms with Gasteiger partial charge in [0.05, 0.1) is 18.3 Å². The zero-order chi connectivity index (χ0) is 13.7. The van der Waals surface area contributed by atoms with Crippen LogP contribution in [0.4, 0.5) is 0 Å². The molecule has 5 heteroatoms. The number of hydrogen-bond acceptors (Lipinski definition) is 5. The van der Waals surface area contributed by atoms with Crippen molar-refractivity contribution in [3.8, 4) is 0 Å². The number of nitrogens with zero attached hydrogens (tertiary/aromatic N) is 2. The highest BCUT2D eigenvalue weighted by molar-refractivity contribution is 4.91. The van der Waals surface area contributed by atoms with E-state index in [1.165, 1.54) is 32.4 Å². The third kappa shape index (κ3) is 4.39. The molecule has 2 aliphatic heterocycles. The minimum Gasteiger partial charge on any atom is -0.372 e. The summed E-state index contributed by atoms with van der Waals surface area (Å²) >= 11 is 0. The lowest BCUT2D eigenvalue weighted by atomic mass is 9.90. The number of likely N-dealkylation sites (tertiary alicyclic amines) is 1. The molecular formula is C14H29N3O2. The lowest BCUT2D eigenvalue weighted by Gasteiger charge is -2.45. The Morgan fingerprint density at radius 1 is 1.11 bits per heavy atom. The van der Waals surface area contributed by atoms with Crippen molar-refractivity contribution in [2.45, 2.75) is 43.8 Å². The zero-order valence-corrected chi connectivity index (χ0v) is 12.4. The Kier molecular flexibility index (Phi) is 5.59. The molecule has 1 saturated carbocycles. The highest BCUT2D eigenvalue weighted by atomic mass is 16.6. The normalized spacial score (nSPS) is 28.6. The zero-order valence-electron chi connectivity index (χ0n) is 12.4. The first-order chi connectivity index (χ1) is 9.13. The maximum atomic E-state index is 5.96. The van der Waals surface area contributed by atoms with Crippen LogP contribution in [0.15, 0.2) is 0 Å². The van der Waals surface area contributed by atoms with E-state index in [9.17, 15) is 0 Å². The predicted octanol–water partition coefficient (Wildman–Crippen LogP) is 0.842. The highest BCUT2D eigenvalue weighted by Gasteiger charge is 2.37. The summed E-state index contributed by atoms with van der Waals surface area (Å²) in [5, 5.41) is 0. The SMILES string of the molecule is CN1CCC2(CC1)CN(C)CCO2.NOC1CCC1. The molecule has 1 spiro atoms. The molecule has 0 bridgehead atoms. The molecular weight excluding hydrogens is 242 g/mol. The van der Waals surface area contributed by atoms with E-state index in [2.05, 4.69) is 28.7 Å². The van der Waals surface area contributed by atoms with E-state index < -0.39 is 0 Å². The highest BCUT2D eigenvalue weighted by Crippen LogP contribution is 2.28. The summed E-state index contributed by atoms with van der Waals surface area (Å²) in [5.41, 5.74) is 0.194. The molecule has 0 aromatic heterocycles. The van der Waals surface area contributed by atoms with Crippen molar-refractivity contribution >= 4 is 0 Å². The van der Waals surface area contributed by atoms with E-state index in [0.29, 0.717) is 6.10 Å². The molecule has 3 fully saturated rings. The minimum absolute atomic E-state index is 0.194. The standard InChI is InChI=1S/C10H20N2O.C4H9NO/c1-11-5-3-10(4-6-11)9-12(2)7-8-13-10;5-6-4-2-1-3-4/h3-9H2,1-2H3;4H,1-3,5H2. The van der Waals surface area contributed by atoms with Gasteiger partial charge in [0.2, 0.25) is 0 Å². The van der Waals surface area contributed by atoms with Gasteiger partial charge in [0.25, 0.3) is 0 Å². The Morgan fingerprint density at radius 2 is 1.79 bits per heavy atom. The van der Waals surface area contributed by atoms with Crippen LogP contribution in [-0.2, 0) is 9.57 Å². The molecule has 2 N–H and O–H groups in total. The fraction of sp³-hybridized carbons (Fsp3) is 1.00. The summed E-state index contributed by atoms with van der Waals surface area (Å²) in [7, 11) is 4.39. The van der Waals surface area contributed by atoms with Crippen molar-refractivity contribution in [3.05, 3.63) is 0 Å². The van der Waals surface area contributed by atoms with Gasteiger partial charge in [-0.3, -0.25) is 0 Å². The summed E-state index contributed by atoms with van der Waals surface area (Å²) in [6, 6.07) is 0. The number of likely N-dealkylation sites (N-methyl/N-ethyl adjacent to an activating group) is 1. The van der Waals surface area contributed by atoms with Crippen LogP contribution in [-0.4, -0.2) is 68.4 Å². The molecule has 0 aromatic carbocycles. The second-order valence-corrected chi connectivity index (χ2v) is 6.26. The van der Waals surface area contributed by atoms with Gasteiger partial charge in [-0.2, -0.15) is 0 Å². The number of piperidine rings is 1. The maximum absolute atomic E-state index is 5.96. The van der Waals surface area contributed by atoms with Crippen LogP contribution < -0.4 is 5.90 Å². The van der Waals surface area contributed by atoms with Gasteiger partial charge in [0.15, 0.2) is 0 Å². The Morgan fingerprint density at radius 3 is 2.21 bits per heavy atom. The van der Waals surface area contributed by atoms with E-state index in [-0.39, 0.29) is 5.60 Å². The molecule has 3 rings (SSSR count). The van der Waals surface area contributed by atoms with Crippen LogP contribution in [0.2, 0.25) is 0 Å². The van der Waals surface area contributed by atoms with Crippen molar-refractivity contribution < 1.29 is 9.57 Å². The molecule has 2 saturated heterocycles. The predicted molar refractivity (Wildman–Crippen MR) is 75.8 cm³/mol. The van der Waals surface area contributed by atoms with Crippen LogP contribution in [0.3, 0.4) is 0 Å². The van der Waals surface area contributed by atoms with Gasteiger partial charge >= 0.3 is 0 Å². The lowest BCUT2D eigenvalue weighted by molar-refractivity contribution is -0.128. The number of morpholine rings is 1. The monoisotopic (exact) mass is 271 g/mol. The van der Waals surface area contributed by atoms with Crippen LogP contribution in [0, 0.1) is 0 Å². The van der Waals surface area contributed by atoms with E-state index in [1.54, 1.807) is 0 Å². The molecule has 0 aromatic rings. The average Bonchev–Trinajstić information content (AvgIpc) is 2.33. The van der Waals surface area contributed by atoms with E-state index in [4.69, 9.17) is 10.6 Å². The molecule has 1 aliphatic carbocycles. The summed E-state index contributed by atoms with van der Waals surface area (Å²) in [6.45, 7) is 5.51. The topological polar surface area (TPSA) is 51.0 Å². The number of nitrogens with two attached hydrogens (primary N) is 1.